The van der Waals surface area contributed by atoms with E-state index in [2.05, 4.69) is 0 Å². The van der Waals surface area contributed by atoms with Crippen LogP contribution < -0.4 is 0 Å². The first-order chi connectivity index (χ1) is 7.50. The Morgan fingerprint density at radius 2 is 1.75 bits per heavy atom. The molecule has 5 heteroatoms. The Morgan fingerprint density at radius 3 is 2.19 bits per heavy atom. The molecule has 2 N–H and O–H groups in total. The van der Waals surface area contributed by atoms with Crippen LogP contribution in [0.2, 0.25) is 0 Å². The van der Waals surface area contributed by atoms with Gasteiger partial charge in [0.2, 0.25) is 0 Å². The van der Waals surface area contributed by atoms with Crippen molar-refractivity contribution >= 4 is 11.9 Å². The van der Waals surface area contributed by atoms with E-state index in [1.54, 1.807) is 0 Å². The number of esters is 1. The van der Waals surface area contributed by atoms with E-state index >= 15 is 0 Å². The molecule has 1 rings (SSSR count). The van der Waals surface area contributed by atoms with Crippen LogP contribution in [0.1, 0.15) is 27.6 Å². The number of aliphatic hydroxyl groups excluding tert-OH is 1. The van der Waals surface area contributed by atoms with Crippen LogP contribution in [0.15, 0.2) is 24.3 Å². The number of aromatic carboxylic acids is 1. The summed E-state index contributed by atoms with van der Waals surface area (Å²) < 4.78 is 4.75. The first-order valence-electron chi connectivity index (χ1n) is 4.69. The van der Waals surface area contributed by atoms with Gasteiger partial charge in [0.15, 0.2) is 0 Å². The number of hydrogen-bond donors (Lipinski definition) is 2. The van der Waals surface area contributed by atoms with Gasteiger partial charge in [-0.25, -0.2) is 9.59 Å². The monoisotopic (exact) mass is 224 g/mol. The highest BCUT2D eigenvalue weighted by molar-refractivity contribution is 5.92. The molecule has 0 radical (unpaired) electrons. The molecule has 5 nitrogen and oxygen atoms in total. The molecule has 1 atom stereocenters. The van der Waals surface area contributed by atoms with E-state index in [0.29, 0.717) is 0 Å². The first kappa shape index (κ1) is 12.2. The standard InChI is InChI=1S/C11H12O5/c1-7(12)6-16-11(15)9-4-2-8(3-5-9)10(13)14/h2-5,7,12H,6H2,1H3,(H,13,14). The smallest absolute Gasteiger partial charge is 0.338 e. The van der Waals surface area contributed by atoms with Crippen LogP contribution in [0.4, 0.5) is 0 Å². The van der Waals surface area contributed by atoms with E-state index < -0.39 is 18.0 Å². The molecule has 0 aliphatic carbocycles. The molecule has 0 heterocycles. The Bertz CT molecular complexity index is 380. The Kier molecular flexibility index (Phi) is 4.02. The molecule has 86 valence electrons. The van der Waals surface area contributed by atoms with Gasteiger partial charge in [0.05, 0.1) is 17.2 Å². The Balaban J connectivity index is 2.67. The van der Waals surface area contributed by atoms with Gasteiger partial charge in [-0.3, -0.25) is 0 Å². The van der Waals surface area contributed by atoms with Crippen LogP contribution in [0.25, 0.3) is 0 Å². The molecule has 0 aliphatic rings. The van der Waals surface area contributed by atoms with Crippen molar-refractivity contribution < 1.29 is 24.5 Å². The molecule has 0 amide bonds. The van der Waals surface area contributed by atoms with Crippen LogP contribution in [0, 0.1) is 0 Å². The number of ether oxygens (including phenoxy) is 1. The van der Waals surface area contributed by atoms with Crippen molar-refractivity contribution in [2.75, 3.05) is 6.61 Å². The fourth-order valence-electron chi connectivity index (χ4n) is 1.03. The largest absolute Gasteiger partial charge is 0.478 e. The van der Waals surface area contributed by atoms with E-state index in [9.17, 15) is 9.59 Å². The molecule has 1 aromatic rings. The summed E-state index contributed by atoms with van der Waals surface area (Å²) in [6, 6.07) is 5.38. The summed E-state index contributed by atoms with van der Waals surface area (Å²) in [5.41, 5.74) is 0.359. The lowest BCUT2D eigenvalue weighted by molar-refractivity contribution is 0.0296. The molecule has 0 saturated heterocycles. The lowest BCUT2D eigenvalue weighted by Gasteiger charge is -2.06. The fourth-order valence-corrected chi connectivity index (χ4v) is 1.03. The fraction of sp³-hybridized carbons (Fsp3) is 0.273. The average Bonchev–Trinajstić information content (AvgIpc) is 2.26. The lowest BCUT2D eigenvalue weighted by atomic mass is 10.1. The van der Waals surface area contributed by atoms with Gasteiger partial charge in [-0.15, -0.1) is 0 Å². The van der Waals surface area contributed by atoms with E-state index in [-0.39, 0.29) is 17.7 Å². The van der Waals surface area contributed by atoms with Crippen molar-refractivity contribution in [2.24, 2.45) is 0 Å². The number of hydrogen-bond acceptors (Lipinski definition) is 4. The normalized spacial score (nSPS) is 11.9. The molecule has 16 heavy (non-hydrogen) atoms. The number of carbonyl (C=O) groups excluding carboxylic acids is 1. The topological polar surface area (TPSA) is 83.8 Å². The lowest BCUT2D eigenvalue weighted by Crippen LogP contribution is -2.15. The second-order valence-corrected chi connectivity index (χ2v) is 3.33. The van der Waals surface area contributed by atoms with Gasteiger partial charge in [-0.2, -0.15) is 0 Å². The van der Waals surface area contributed by atoms with Gasteiger partial charge in [0.1, 0.15) is 6.61 Å². The van der Waals surface area contributed by atoms with Gasteiger partial charge in [-0.1, -0.05) is 0 Å². The number of carboxylic acid groups (broad SMARTS) is 1. The maximum atomic E-state index is 11.3. The highest BCUT2D eigenvalue weighted by atomic mass is 16.5. The predicted octanol–water partition coefficient (Wildman–Crippen LogP) is 0.922. The number of carboxylic acids is 1. The zero-order valence-corrected chi connectivity index (χ0v) is 8.71. The van der Waals surface area contributed by atoms with Crippen molar-refractivity contribution in [2.45, 2.75) is 13.0 Å². The molecule has 1 aromatic carbocycles. The Morgan fingerprint density at radius 1 is 1.25 bits per heavy atom. The third kappa shape index (κ3) is 3.36. The second kappa shape index (κ2) is 5.27. The maximum Gasteiger partial charge on any atom is 0.338 e. The molecule has 0 saturated carbocycles. The number of aliphatic hydroxyl groups is 1. The maximum absolute atomic E-state index is 11.3. The summed E-state index contributed by atoms with van der Waals surface area (Å²) in [6.07, 6.45) is -0.720. The predicted molar refractivity (Wildman–Crippen MR) is 55.4 cm³/mol. The molecule has 0 bridgehead atoms. The number of rotatable bonds is 4. The third-order valence-corrected chi connectivity index (χ3v) is 1.82. The summed E-state index contributed by atoms with van der Waals surface area (Å²) in [5, 5.41) is 17.6. The summed E-state index contributed by atoms with van der Waals surface area (Å²) >= 11 is 0. The second-order valence-electron chi connectivity index (χ2n) is 3.33. The van der Waals surface area contributed by atoms with E-state index in [0.717, 1.165) is 0 Å². The molecular weight excluding hydrogens is 212 g/mol. The molecule has 0 aromatic heterocycles. The summed E-state index contributed by atoms with van der Waals surface area (Å²) in [7, 11) is 0. The minimum absolute atomic E-state index is 0.0838. The van der Waals surface area contributed by atoms with Crippen molar-refractivity contribution in [1.82, 2.24) is 0 Å². The van der Waals surface area contributed by atoms with Gasteiger partial charge in [0, 0.05) is 0 Å². The zero-order chi connectivity index (χ0) is 12.1. The molecule has 0 aliphatic heterocycles. The SMILES string of the molecule is CC(O)COC(=O)c1ccc(C(=O)O)cc1. The van der Waals surface area contributed by atoms with Gasteiger partial charge in [0.25, 0.3) is 0 Å². The quantitative estimate of drug-likeness (QED) is 0.743. The van der Waals surface area contributed by atoms with Crippen molar-refractivity contribution in [3.8, 4) is 0 Å². The van der Waals surface area contributed by atoms with E-state index in [4.69, 9.17) is 14.9 Å². The van der Waals surface area contributed by atoms with Crippen molar-refractivity contribution in [3.63, 3.8) is 0 Å². The van der Waals surface area contributed by atoms with Crippen molar-refractivity contribution in [3.05, 3.63) is 35.4 Å². The molecule has 0 spiro atoms. The van der Waals surface area contributed by atoms with Crippen LogP contribution in [0.5, 0.6) is 0 Å². The van der Waals surface area contributed by atoms with Gasteiger partial charge in [-0.05, 0) is 31.2 Å². The minimum Gasteiger partial charge on any atom is -0.478 e. The molecular formula is C11H12O5. The molecule has 1 unspecified atom stereocenters. The average molecular weight is 224 g/mol. The zero-order valence-electron chi connectivity index (χ0n) is 8.71. The highest BCUT2D eigenvalue weighted by Crippen LogP contribution is 2.06. The molecule has 0 fully saturated rings. The van der Waals surface area contributed by atoms with E-state index in [1.165, 1.54) is 31.2 Å². The van der Waals surface area contributed by atoms with Gasteiger partial charge < -0.3 is 14.9 Å². The first-order valence-corrected chi connectivity index (χ1v) is 4.69. The number of carbonyl (C=O) groups is 2. The Labute approximate surface area is 92.3 Å². The van der Waals surface area contributed by atoms with Crippen LogP contribution in [-0.4, -0.2) is 34.9 Å². The Hall–Kier alpha value is -1.88. The van der Waals surface area contributed by atoms with Crippen LogP contribution in [0.3, 0.4) is 0 Å². The van der Waals surface area contributed by atoms with Crippen LogP contribution in [-0.2, 0) is 4.74 Å². The van der Waals surface area contributed by atoms with Crippen LogP contribution >= 0.6 is 0 Å². The minimum atomic E-state index is -1.05. The van der Waals surface area contributed by atoms with Gasteiger partial charge >= 0.3 is 11.9 Å². The summed E-state index contributed by atoms with van der Waals surface area (Å²) in [5.74, 6) is -1.64. The highest BCUT2D eigenvalue weighted by Gasteiger charge is 2.09. The summed E-state index contributed by atoms with van der Waals surface area (Å²) in [4.78, 5) is 21.9. The van der Waals surface area contributed by atoms with E-state index in [1.807, 2.05) is 0 Å². The number of benzene rings is 1. The summed E-state index contributed by atoms with van der Waals surface area (Å²) in [6.45, 7) is 1.42. The van der Waals surface area contributed by atoms with Crippen molar-refractivity contribution in [1.29, 1.82) is 0 Å². The third-order valence-electron chi connectivity index (χ3n) is 1.82.